The second-order valence-corrected chi connectivity index (χ2v) is 5.38. The van der Waals surface area contributed by atoms with E-state index >= 15 is 0 Å². The quantitative estimate of drug-likeness (QED) is 0.298. The van der Waals surface area contributed by atoms with Crippen molar-refractivity contribution in [2.45, 2.75) is 46.6 Å². The molecule has 0 unspecified atom stereocenters. The maximum atomic E-state index is 5.52. The van der Waals surface area contributed by atoms with Crippen molar-refractivity contribution in [2.75, 3.05) is 13.1 Å². The summed E-state index contributed by atoms with van der Waals surface area (Å²) in [5.74, 6) is 6.35. The first kappa shape index (κ1) is 12.3. The molecule has 0 amide bonds. The fourth-order valence-electron chi connectivity index (χ4n) is 2.06. The number of nitrogens with zero attached hydrogens (tertiary/aromatic N) is 2. The van der Waals surface area contributed by atoms with Crippen molar-refractivity contribution in [2.24, 2.45) is 16.3 Å². The van der Waals surface area contributed by atoms with Crippen LogP contribution in [0.15, 0.2) is 4.99 Å². The van der Waals surface area contributed by atoms with Gasteiger partial charge in [0.25, 0.3) is 0 Å². The Morgan fingerprint density at radius 2 is 2.13 bits per heavy atom. The third-order valence-corrected chi connectivity index (χ3v) is 2.71. The van der Waals surface area contributed by atoms with Crippen LogP contribution in [0.1, 0.15) is 40.5 Å². The predicted molar refractivity (Wildman–Crippen MR) is 64.5 cm³/mol. The van der Waals surface area contributed by atoms with E-state index in [1.54, 1.807) is 0 Å². The number of likely N-dealkylation sites (tertiary alicyclic amines) is 1. The maximum absolute atomic E-state index is 5.52. The third-order valence-electron chi connectivity index (χ3n) is 2.71. The van der Waals surface area contributed by atoms with Gasteiger partial charge in [-0.1, -0.05) is 13.8 Å². The number of nitrogens with two attached hydrogens (primary N) is 1. The van der Waals surface area contributed by atoms with Crippen LogP contribution in [0.4, 0.5) is 0 Å². The molecule has 0 bridgehead atoms. The molecule has 1 saturated heterocycles. The standard InChI is InChI=1S/C11H24N4/c1-9(2)13-10(14-12)15-7-5-6-11(3,4)8-15/h9H,5-8,12H2,1-4H3,(H,13,14). The minimum atomic E-state index is 0.279. The Hall–Kier alpha value is -0.770. The molecule has 3 N–H and O–H groups in total. The first-order valence-corrected chi connectivity index (χ1v) is 5.74. The number of hydrogen-bond acceptors (Lipinski definition) is 2. The summed E-state index contributed by atoms with van der Waals surface area (Å²) in [5, 5.41) is 0. The highest BCUT2D eigenvalue weighted by Crippen LogP contribution is 2.28. The molecular weight excluding hydrogens is 188 g/mol. The molecule has 0 saturated carbocycles. The summed E-state index contributed by atoms with van der Waals surface area (Å²) in [6.07, 6.45) is 2.49. The lowest BCUT2D eigenvalue weighted by molar-refractivity contribution is 0.174. The van der Waals surface area contributed by atoms with Crippen molar-refractivity contribution >= 4 is 5.96 Å². The first-order valence-electron chi connectivity index (χ1n) is 5.74. The lowest BCUT2D eigenvalue weighted by Gasteiger charge is -2.39. The largest absolute Gasteiger partial charge is 0.341 e. The van der Waals surface area contributed by atoms with Crippen LogP contribution < -0.4 is 11.3 Å². The van der Waals surface area contributed by atoms with Gasteiger partial charge in [0.2, 0.25) is 5.96 Å². The van der Waals surface area contributed by atoms with E-state index in [0.717, 1.165) is 19.0 Å². The van der Waals surface area contributed by atoms with Gasteiger partial charge in [-0.2, -0.15) is 0 Å². The molecule has 0 aromatic rings. The van der Waals surface area contributed by atoms with E-state index in [0.29, 0.717) is 5.41 Å². The van der Waals surface area contributed by atoms with Gasteiger partial charge in [-0.3, -0.25) is 5.43 Å². The molecule has 4 nitrogen and oxygen atoms in total. The zero-order valence-corrected chi connectivity index (χ0v) is 10.4. The lowest BCUT2D eigenvalue weighted by atomic mass is 9.84. The Labute approximate surface area is 92.9 Å². The average Bonchev–Trinajstić information content (AvgIpc) is 2.12. The summed E-state index contributed by atoms with van der Waals surface area (Å²) in [5.41, 5.74) is 3.08. The van der Waals surface area contributed by atoms with Crippen LogP contribution in [0.5, 0.6) is 0 Å². The second-order valence-electron chi connectivity index (χ2n) is 5.38. The smallest absolute Gasteiger partial charge is 0.208 e. The number of hydrogen-bond donors (Lipinski definition) is 2. The van der Waals surface area contributed by atoms with E-state index in [1.807, 2.05) is 0 Å². The average molecular weight is 212 g/mol. The number of hydrazine groups is 1. The molecule has 0 aliphatic carbocycles. The first-order chi connectivity index (χ1) is 6.94. The molecule has 88 valence electrons. The van der Waals surface area contributed by atoms with Gasteiger partial charge >= 0.3 is 0 Å². The number of nitrogens with one attached hydrogen (secondary N) is 1. The van der Waals surface area contributed by atoms with E-state index in [4.69, 9.17) is 5.84 Å². The summed E-state index contributed by atoms with van der Waals surface area (Å²) in [6.45, 7) is 10.8. The highest BCUT2D eigenvalue weighted by Gasteiger charge is 2.27. The van der Waals surface area contributed by atoms with Gasteiger partial charge in [0.05, 0.1) is 0 Å². The monoisotopic (exact) mass is 212 g/mol. The predicted octanol–water partition coefficient (Wildman–Crippen LogP) is 1.34. The Kier molecular flexibility index (Phi) is 3.97. The Morgan fingerprint density at radius 1 is 1.47 bits per heavy atom. The van der Waals surface area contributed by atoms with E-state index in [2.05, 4.69) is 43.0 Å². The minimum absolute atomic E-state index is 0.279. The fraction of sp³-hybridized carbons (Fsp3) is 0.909. The van der Waals surface area contributed by atoms with Crippen LogP contribution in [0.25, 0.3) is 0 Å². The van der Waals surface area contributed by atoms with E-state index in [9.17, 15) is 0 Å². The third kappa shape index (κ3) is 3.70. The number of piperidine rings is 1. The molecule has 0 spiro atoms. The summed E-state index contributed by atoms with van der Waals surface area (Å²) in [4.78, 5) is 6.74. The van der Waals surface area contributed by atoms with E-state index < -0.39 is 0 Å². The van der Waals surface area contributed by atoms with Crippen LogP contribution in [0.2, 0.25) is 0 Å². The highest BCUT2D eigenvalue weighted by atomic mass is 15.4. The summed E-state index contributed by atoms with van der Waals surface area (Å²) in [7, 11) is 0. The van der Waals surface area contributed by atoms with Crippen LogP contribution in [0.3, 0.4) is 0 Å². The zero-order chi connectivity index (χ0) is 11.5. The van der Waals surface area contributed by atoms with Gasteiger partial charge in [-0.15, -0.1) is 0 Å². The van der Waals surface area contributed by atoms with Crippen LogP contribution in [0, 0.1) is 5.41 Å². The molecule has 0 aromatic carbocycles. The van der Waals surface area contributed by atoms with Crippen molar-refractivity contribution in [1.29, 1.82) is 0 Å². The Balaban J connectivity index is 2.69. The summed E-state index contributed by atoms with van der Waals surface area (Å²) in [6, 6.07) is 0.279. The van der Waals surface area contributed by atoms with Gasteiger partial charge in [0.1, 0.15) is 0 Å². The van der Waals surface area contributed by atoms with Crippen molar-refractivity contribution in [1.82, 2.24) is 10.3 Å². The molecule has 1 heterocycles. The SMILES string of the molecule is CC(C)N=C(NN)N1CCCC(C)(C)C1. The molecule has 0 radical (unpaired) electrons. The van der Waals surface area contributed by atoms with Crippen molar-refractivity contribution in [3.05, 3.63) is 0 Å². The molecule has 4 heteroatoms. The maximum Gasteiger partial charge on any atom is 0.208 e. The molecule has 1 fully saturated rings. The molecule has 1 rings (SSSR count). The number of rotatable bonds is 1. The number of aliphatic imine (C=N–C) groups is 1. The molecule has 1 aliphatic rings. The zero-order valence-electron chi connectivity index (χ0n) is 10.4. The van der Waals surface area contributed by atoms with Crippen molar-refractivity contribution < 1.29 is 0 Å². The Morgan fingerprint density at radius 3 is 2.60 bits per heavy atom. The molecule has 0 aromatic heterocycles. The molecule has 1 aliphatic heterocycles. The summed E-state index contributed by atoms with van der Waals surface area (Å²) < 4.78 is 0. The number of guanidine groups is 1. The highest BCUT2D eigenvalue weighted by molar-refractivity contribution is 5.79. The summed E-state index contributed by atoms with van der Waals surface area (Å²) >= 11 is 0. The fourth-order valence-corrected chi connectivity index (χ4v) is 2.06. The van der Waals surface area contributed by atoms with Crippen LogP contribution in [-0.2, 0) is 0 Å². The minimum Gasteiger partial charge on any atom is -0.341 e. The molecule has 0 atom stereocenters. The molecule has 15 heavy (non-hydrogen) atoms. The van der Waals surface area contributed by atoms with Gasteiger partial charge in [0.15, 0.2) is 0 Å². The van der Waals surface area contributed by atoms with Crippen molar-refractivity contribution in [3.63, 3.8) is 0 Å². The Bertz CT molecular complexity index is 233. The van der Waals surface area contributed by atoms with E-state index in [1.165, 1.54) is 12.8 Å². The normalized spacial score (nSPS) is 22.0. The van der Waals surface area contributed by atoms with Gasteiger partial charge < -0.3 is 4.90 Å². The van der Waals surface area contributed by atoms with Crippen molar-refractivity contribution in [3.8, 4) is 0 Å². The van der Waals surface area contributed by atoms with Gasteiger partial charge in [-0.05, 0) is 32.1 Å². The molecular formula is C11H24N4. The van der Waals surface area contributed by atoms with E-state index in [-0.39, 0.29) is 6.04 Å². The van der Waals surface area contributed by atoms with Gasteiger partial charge in [0, 0.05) is 19.1 Å². The second kappa shape index (κ2) is 4.84. The lowest BCUT2D eigenvalue weighted by Crippen LogP contribution is -2.51. The van der Waals surface area contributed by atoms with Crippen LogP contribution in [-0.4, -0.2) is 30.0 Å². The van der Waals surface area contributed by atoms with Crippen LogP contribution >= 0.6 is 0 Å². The van der Waals surface area contributed by atoms with Gasteiger partial charge in [-0.25, -0.2) is 10.8 Å². The topological polar surface area (TPSA) is 53.6 Å².